The molecule has 2 heteroatoms. The lowest BCUT2D eigenvalue weighted by Crippen LogP contribution is -2.37. The molecule has 2 aromatic carbocycles. The Balaban J connectivity index is 2.06. The van der Waals surface area contributed by atoms with Crippen molar-refractivity contribution in [2.45, 2.75) is 19.9 Å². The van der Waals surface area contributed by atoms with Crippen LogP contribution in [0.25, 0.3) is 6.08 Å². The molecule has 0 aliphatic rings. The number of carbonyl (C=O) groups excluding carboxylic acids is 1. The van der Waals surface area contributed by atoms with Gasteiger partial charge < -0.3 is 4.90 Å². The summed E-state index contributed by atoms with van der Waals surface area (Å²) in [4.78, 5) is 14.4. The molecular weight excluding hydrogens is 258 g/mol. The fourth-order valence-corrected chi connectivity index (χ4v) is 2.14. The van der Waals surface area contributed by atoms with E-state index in [1.807, 2.05) is 79.4 Å². The topological polar surface area (TPSA) is 20.3 Å². The van der Waals surface area contributed by atoms with Gasteiger partial charge in [0.25, 0.3) is 5.91 Å². The number of amides is 1. The van der Waals surface area contributed by atoms with E-state index >= 15 is 0 Å². The lowest BCUT2D eigenvalue weighted by molar-refractivity contribution is 0.0729. The van der Waals surface area contributed by atoms with Gasteiger partial charge in [0.2, 0.25) is 0 Å². The molecule has 2 rings (SSSR count). The highest BCUT2D eigenvalue weighted by atomic mass is 16.2. The molecule has 0 saturated carbocycles. The monoisotopic (exact) mass is 279 g/mol. The van der Waals surface area contributed by atoms with Gasteiger partial charge in [0, 0.05) is 18.2 Å². The maximum Gasteiger partial charge on any atom is 0.254 e. The van der Waals surface area contributed by atoms with Crippen molar-refractivity contribution in [3.8, 4) is 0 Å². The van der Waals surface area contributed by atoms with Crippen LogP contribution in [0, 0.1) is 0 Å². The van der Waals surface area contributed by atoms with E-state index in [1.165, 1.54) is 0 Å². The van der Waals surface area contributed by atoms with E-state index in [4.69, 9.17) is 0 Å². The second-order valence-electron chi connectivity index (χ2n) is 5.23. The Morgan fingerprint density at radius 3 is 2.14 bits per heavy atom. The van der Waals surface area contributed by atoms with Gasteiger partial charge in [-0.15, -0.1) is 0 Å². The van der Waals surface area contributed by atoms with Crippen LogP contribution in [0.2, 0.25) is 0 Å². The molecule has 0 saturated heterocycles. The molecule has 0 aliphatic heterocycles. The lowest BCUT2D eigenvalue weighted by atomic mass is 10.1. The first-order valence-electron chi connectivity index (χ1n) is 7.26. The Bertz CT molecular complexity index is 587. The molecule has 0 radical (unpaired) electrons. The molecule has 0 aromatic heterocycles. The van der Waals surface area contributed by atoms with E-state index in [2.05, 4.69) is 12.1 Å². The SMILES string of the molecule is CC(C)N(C/C=C/c1ccccc1)C(=O)c1ccccc1. The van der Waals surface area contributed by atoms with E-state index in [9.17, 15) is 4.79 Å². The summed E-state index contributed by atoms with van der Waals surface area (Å²) in [5, 5.41) is 0. The van der Waals surface area contributed by atoms with Crippen molar-refractivity contribution >= 4 is 12.0 Å². The van der Waals surface area contributed by atoms with Crippen molar-refractivity contribution in [2.75, 3.05) is 6.54 Å². The van der Waals surface area contributed by atoms with Crippen LogP contribution in [0.4, 0.5) is 0 Å². The molecule has 2 nitrogen and oxygen atoms in total. The van der Waals surface area contributed by atoms with E-state index in [0.29, 0.717) is 6.54 Å². The van der Waals surface area contributed by atoms with Gasteiger partial charge in [0.05, 0.1) is 0 Å². The minimum absolute atomic E-state index is 0.0725. The fraction of sp³-hybridized carbons (Fsp3) is 0.211. The van der Waals surface area contributed by atoms with E-state index < -0.39 is 0 Å². The molecule has 0 bridgehead atoms. The molecule has 1 amide bonds. The standard InChI is InChI=1S/C19H21NO/c1-16(2)20(19(21)18-13-7-4-8-14-18)15-9-12-17-10-5-3-6-11-17/h3-14,16H,15H2,1-2H3/b12-9+. The van der Waals surface area contributed by atoms with Crippen LogP contribution in [0.5, 0.6) is 0 Å². The van der Waals surface area contributed by atoms with Crippen molar-refractivity contribution in [1.82, 2.24) is 4.90 Å². The number of benzene rings is 2. The Kier molecular flexibility index (Phi) is 5.33. The summed E-state index contributed by atoms with van der Waals surface area (Å²) in [5.74, 6) is 0.0725. The second-order valence-corrected chi connectivity index (χ2v) is 5.23. The van der Waals surface area contributed by atoms with Crippen LogP contribution in [0.1, 0.15) is 29.8 Å². The zero-order valence-electron chi connectivity index (χ0n) is 12.6. The number of carbonyl (C=O) groups is 1. The van der Waals surface area contributed by atoms with Crippen LogP contribution < -0.4 is 0 Å². The van der Waals surface area contributed by atoms with Crippen molar-refractivity contribution < 1.29 is 4.79 Å². The number of hydrogen-bond donors (Lipinski definition) is 0. The summed E-state index contributed by atoms with van der Waals surface area (Å²) in [6, 6.07) is 19.7. The summed E-state index contributed by atoms with van der Waals surface area (Å²) < 4.78 is 0. The first-order chi connectivity index (χ1) is 10.2. The zero-order chi connectivity index (χ0) is 15.1. The largest absolute Gasteiger partial charge is 0.332 e. The molecule has 0 N–H and O–H groups in total. The summed E-state index contributed by atoms with van der Waals surface area (Å²) >= 11 is 0. The van der Waals surface area contributed by atoms with E-state index in [1.54, 1.807) is 0 Å². The van der Waals surface area contributed by atoms with Crippen LogP contribution in [0.3, 0.4) is 0 Å². The summed E-state index contributed by atoms with van der Waals surface area (Å²) in [6.45, 7) is 4.69. The average molecular weight is 279 g/mol. The van der Waals surface area contributed by atoms with Gasteiger partial charge in [0.15, 0.2) is 0 Å². The molecule has 21 heavy (non-hydrogen) atoms. The zero-order valence-corrected chi connectivity index (χ0v) is 12.6. The summed E-state index contributed by atoms with van der Waals surface area (Å²) in [5.41, 5.74) is 1.88. The fourth-order valence-electron chi connectivity index (χ4n) is 2.14. The molecule has 2 aromatic rings. The third-order valence-electron chi connectivity index (χ3n) is 3.32. The van der Waals surface area contributed by atoms with Gasteiger partial charge in [-0.05, 0) is 31.5 Å². The smallest absolute Gasteiger partial charge is 0.254 e. The van der Waals surface area contributed by atoms with Crippen molar-refractivity contribution in [2.24, 2.45) is 0 Å². The van der Waals surface area contributed by atoms with Gasteiger partial charge in [-0.25, -0.2) is 0 Å². The molecule has 0 fully saturated rings. The Labute approximate surface area is 126 Å². The van der Waals surface area contributed by atoms with Gasteiger partial charge in [-0.2, -0.15) is 0 Å². The maximum atomic E-state index is 12.5. The molecule has 0 spiro atoms. The molecule has 0 aliphatic carbocycles. The van der Waals surface area contributed by atoms with Gasteiger partial charge in [-0.1, -0.05) is 60.7 Å². The van der Waals surface area contributed by atoms with Gasteiger partial charge in [0.1, 0.15) is 0 Å². The van der Waals surface area contributed by atoms with Crippen LogP contribution in [-0.2, 0) is 0 Å². The van der Waals surface area contributed by atoms with Gasteiger partial charge >= 0.3 is 0 Å². The van der Waals surface area contributed by atoms with Crippen LogP contribution in [0.15, 0.2) is 66.7 Å². The average Bonchev–Trinajstić information content (AvgIpc) is 2.52. The predicted molar refractivity (Wildman–Crippen MR) is 88.1 cm³/mol. The Morgan fingerprint density at radius 2 is 1.57 bits per heavy atom. The van der Waals surface area contributed by atoms with Crippen LogP contribution >= 0.6 is 0 Å². The highest BCUT2D eigenvalue weighted by Crippen LogP contribution is 2.09. The van der Waals surface area contributed by atoms with Crippen LogP contribution in [-0.4, -0.2) is 23.4 Å². The van der Waals surface area contributed by atoms with Gasteiger partial charge in [-0.3, -0.25) is 4.79 Å². The molecule has 0 unspecified atom stereocenters. The first kappa shape index (κ1) is 15.0. The second kappa shape index (κ2) is 7.44. The maximum absolute atomic E-state index is 12.5. The van der Waals surface area contributed by atoms with E-state index in [0.717, 1.165) is 11.1 Å². The number of nitrogens with zero attached hydrogens (tertiary/aromatic N) is 1. The molecule has 108 valence electrons. The predicted octanol–water partition coefficient (Wildman–Crippen LogP) is 4.25. The minimum Gasteiger partial charge on any atom is -0.332 e. The van der Waals surface area contributed by atoms with Crippen molar-refractivity contribution in [3.05, 3.63) is 77.9 Å². The quantitative estimate of drug-likeness (QED) is 0.801. The highest BCUT2D eigenvalue weighted by Gasteiger charge is 2.16. The minimum atomic E-state index is 0.0725. The number of hydrogen-bond acceptors (Lipinski definition) is 1. The summed E-state index contributed by atoms with van der Waals surface area (Å²) in [7, 11) is 0. The Hall–Kier alpha value is -2.35. The van der Waals surface area contributed by atoms with Crippen molar-refractivity contribution in [3.63, 3.8) is 0 Å². The summed E-state index contributed by atoms with van der Waals surface area (Å²) in [6.07, 6.45) is 4.09. The molecule has 0 atom stereocenters. The Morgan fingerprint density at radius 1 is 1.00 bits per heavy atom. The highest BCUT2D eigenvalue weighted by molar-refractivity contribution is 5.94. The van der Waals surface area contributed by atoms with E-state index in [-0.39, 0.29) is 11.9 Å². The molecule has 0 heterocycles. The first-order valence-corrected chi connectivity index (χ1v) is 7.26. The number of rotatable bonds is 5. The van der Waals surface area contributed by atoms with Crippen molar-refractivity contribution in [1.29, 1.82) is 0 Å². The normalized spacial score (nSPS) is 11.0. The third kappa shape index (κ3) is 4.32. The lowest BCUT2D eigenvalue weighted by Gasteiger charge is -2.25. The molecular formula is C19H21NO. The third-order valence-corrected chi connectivity index (χ3v) is 3.32.